The summed E-state index contributed by atoms with van der Waals surface area (Å²) in [6.07, 6.45) is -3.81. The van der Waals surface area contributed by atoms with Crippen molar-refractivity contribution in [2.75, 3.05) is 11.4 Å². The average molecular weight is 435 g/mol. The molecule has 0 aliphatic carbocycles. The maximum atomic E-state index is 13.3. The molecule has 7 nitrogen and oxygen atoms in total. The first-order chi connectivity index (χ1) is 13.0. The third-order valence-corrected chi connectivity index (χ3v) is 6.81. The van der Waals surface area contributed by atoms with E-state index in [1.165, 1.54) is 23.2 Å². The Morgan fingerprint density at radius 2 is 1.93 bits per heavy atom. The number of carbonyl (C=O) groups is 1. The maximum Gasteiger partial charge on any atom is 0.417 e. The molecule has 0 saturated carbocycles. The van der Waals surface area contributed by atoms with Gasteiger partial charge in [0.15, 0.2) is 9.84 Å². The summed E-state index contributed by atoms with van der Waals surface area (Å²) < 4.78 is 65.8. The number of nitrogens with two attached hydrogens (primary N) is 1. The SMILES string of the molecule is NC(=O)[C@@H]1C[C@H](S(=O)(=O)c2ccccc2C(F)(F)F)CN1c1ccnc(Cl)n1. The molecule has 150 valence electrons. The first-order valence-electron chi connectivity index (χ1n) is 7.96. The largest absolute Gasteiger partial charge is 0.417 e. The topological polar surface area (TPSA) is 106 Å². The van der Waals surface area contributed by atoms with Gasteiger partial charge >= 0.3 is 6.18 Å². The van der Waals surface area contributed by atoms with Crippen molar-refractivity contribution in [1.82, 2.24) is 9.97 Å². The van der Waals surface area contributed by atoms with Gasteiger partial charge in [-0.15, -0.1) is 0 Å². The van der Waals surface area contributed by atoms with Crippen LogP contribution in [-0.4, -0.2) is 42.1 Å². The van der Waals surface area contributed by atoms with Crippen LogP contribution in [0, 0.1) is 0 Å². The summed E-state index contributed by atoms with van der Waals surface area (Å²) in [5.74, 6) is -0.665. The minimum absolute atomic E-state index is 0.130. The third kappa shape index (κ3) is 3.76. The Balaban J connectivity index is 2.02. The van der Waals surface area contributed by atoms with Crippen molar-refractivity contribution >= 4 is 33.2 Å². The van der Waals surface area contributed by atoms with Gasteiger partial charge < -0.3 is 10.6 Å². The van der Waals surface area contributed by atoms with Crippen molar-refractivity contribution < 1.29 is 26.4 Å². The number of anilines is 1. The molecule has 1 aromatic heterocycles. The molecule has 1 fully saturated rings. The molecular weight excluding hydrogens is 421 g/mol. The molecule has 2 N–H and O–H groups in total. The number of halogens is 4. The Hall–Kier alpha value is -2.40. The molecule has 0 bridgehead atoms. The lowest BCUT2D eigenvalue weighted by Crippen LogP contribution is -2.40. The van der Waals surface area contributed by atoms with Crippen LogP contribution in [0.15, 0.2) is 41.4 Å². The summed E-state index contributed by atoms with van der Waals surface area (Å²) in [6.45, 7) is -0.268. The van der Waals surface area contributed by atoms with Crippen molar-refractivity contribution in [3.8, 4) is 0 Å². The van der Waals surface area contributed by atoms with Crippen LogP contribution in [0.1, 0.15) is 12.0 Å². The van der Waals surface area contributed by atoms with E-state index in [4.69, 9.17) is 17.3 Å². The zero-order valence-corrected chi connectivity index (χ0v) is 15.7. The number of sulfone groups is 1. The molecular formula is C16H14ClF3N4O3S. The van der Waals surface area contributed by atoms with E-state index in [-0.39, 0.29) is 24.1 Å². The normalized spacial score (nSPS) is 20.4. The van der Waals surface area contributed by atoms with Gasteiger partial charge in [-0.2, -0.15) is 13.2 Å². The molecule has 0 unspecified atom stereocenters. The van der Waals surface area contributed by atoms with Crippen LogP contribution in [-0.2, 0) is 20.8 Å². The van der Waals surface area contributed by atoms with Crippen molar-refractivity contribution in [3.05, 3.63) is 47.4 Å². The molecule has 0 spiro atoms. The standard InChI is InChI=1S/C16H14ClF3N4O3S/c17-15-22-6-5-13(23-15)24-8-9(7-11(24)14(21)25)28(26,27)12-4-2-1-3-10(12)16(18,19)20/h1-6,9,11H,7-8H2,(H2,21,25)/t9-,11-/m0/s1. The number of amides is 1. The van der Waals surface area contributed by atoms with Gasteiger partial charge in [0.25, 0.3) is 0 Å². The van der Waals surface area contributed by atoms with Crippen LogP contribution in [0.25, 0.3) is 0 Å². The molecule has 2 atom stereocenters. The lowest BCUT2D eigenvalue weighted by Gasteiger charge is -2.23. The maximum absolute atomic E-state index is 13.3. The number of nitrogens with zero attached hydrogens (tertiary/aromatic N) is 3. The fourth-order valence-corrected chi connectivity index (χ4v) is 5.21. The van der Waals surface area contributed by atoms with E-state index in [0.717, 1.165) is 12.1 Å². The Morgan fingerprint density at radius 3 is 2.54 bits per heavy atom. The highest BCUT2D eigenvalue weighted by Crippen LogP contribution is 2.38. The van der Waals surface area contributed by atoms with E-state index in [1.54, 1.807) is 0 Å². The van der Waals surface area contributed by atoms with Crippen LogP contribution in [0.3, 0.4) is 0 Å². The van der Waals surface area contributed by atoms with Crippen molar-refractivity contribution in [2.45, 2.75) is 28.8 Å². The van der Waals surface area contributed by atoms with E-state index in [1.807, 2.05) is 0 Å². The molecule has 1 aromatic carbocycles. The number of alkyl halides is 3. The smallest absolute Gasteiger partial charge is 0.368 e. The number of hydrogen-bond donors (Lipinski definition) is 1. The van der Waals surface area contributed by atoms with Crippen LogP contribution < -0.4 is 10.6 Å². The fraction of sp³-hybridized carbons (Fsp3) is 0.312. The lowest BCUT2D eigenvalue weighted by atomic mass is 10.2. The molecule has 0 radical (unpaired) electrons. The van der Waals surface area contributed by atoms with Gasteiger partial charge in [0.2, 0.25) is 11.2 Å². The highest BCUT2D eigenvalue weighted by atomic mass is 35.5. The predicted octanol–water partition coefficient (Wildman–Crippen LogP) is 2.06. The van der Waals surface area contributed by atoms with E-state index in [9.17, 15) is 26.4 Å². The number of aromatic nitrogens is 2. The molecule has 1 aliphatic rings. The van der Waals surface area contributed by atoms with Crippen molar-refractivity contribution in [1.29, 1.82) is 0 Å². The van der Waals surface area contributed by atoms with E-state index >= 15 is 0 Å². The first kappa shape index (κ1) is 20.3. The Bertz CT molecular complexity index is 1020. The highest BCUT2D eigenvalue weighted by molar-refractivity contribution is 7.92. The Morgan fingerprint density at radius 1 is 1.25 bits per heavy atom. The highest BCUT2D eigenvalue weighted by Gasteiger charge is 2.46. The van der Waals surface area contributed by atoms with Gasteiger partial charge in [0.05, 0.1) is 15.7 Å². The van der Waals surface area contributed by atoms with Crippen molar-refractivity contribution in [3.63, 3.8) is 0 Å². The van der Waals surface area contributed by atoms with Crippen LogP contribution >= 0.6 is 11.6 Å². The van der Waals surface area contributed by atoms with Gasteiger partial charge in [0, 0.05) is 12.7 Å². The minimum atomic E-state index is -4.84. The second-order valence-electron chi connectivity index (χ2n) is 6.15. The zero-order valence-electron chi connectivity index (χ0n) is 14.1. The second kappa shape index (κ2) is 7.21. The summed E-state index contributed by atoms with van der Waals surface area (Å²) in [6, 6.07) is 4.27. The molecule has 3 rings (SSSR count). The van der Waals surface area contributed by atoms with Gasteiger partial charge in [0.1, 0.15) is 11.9 Å². The third-order valence-electron chi connectivity index (χ3n) is 4.43. The van der Waals surface area contributed by atoms with E-state index in [2.05, 4.69) is 9.97 Å². The Labute approximate surface area is 163 Å². The Kier molecular flexibility index (Phi) is 5.24. The fourth-order valence-electron chi connectivity index (χ4n) is 3.16. The molecule has 12 heteroatoms. The minimum Gasteiger partial charge on any atom is -0.368 e. The van der Waals surface area contributed by atoms with Gasteiger partial charge in [-0.05, 0) is 36.2 Å². The van der Waals surface area contributed by atoms with Crippen molar-refractivity contribution in [2.24, 2.45) is 5.73 Å². The molecule has 1 amide bonds. The molecule has 28 heavy (non-hydrogen) atoms. The molecule has 1 saturated heterocycles. The van der Waals surface area contributed by atoms with Crippen LogP contribution in [0.5, 0.6) is 0 Å². The summed E-state index contributed by atoms with van der Waals surface area (Å²) in [7, 11) is -4.42. The lowest BCUT2D eigenvalue weighted by molar-refractivity contribution is -0.139. The monoisotopic (exact) mass is 434 g/mol. The van der Waals surface area contributed by atoms with Gasteiger partial charge in [-0.25, -0.2) is 18.4 Å². The summed E-state index contributed by atoms with van der Waals surface area (Å²) in [5, 5.41) is -1.42. The predicted molar refractivity (Wildman–Crippen MR) is 94.4 cm³/mol. The van der Waals surface area contributed by atoms with Gasteiger partial charge in [-0.3, -0.25) is 4.79 Å². The zero-order chi connectivity index (χ0) is 20.7. The molecule has 2 aromatic rings. The first-order valence-corrected chi connectivity index (χ1v) is 9.89. The van der Waals surface area contributed by atoms with E-state index in [0.29, 0.717) is 6.07 Å². The van der Waals surface area contributed by atoms with Gasteiger partial charge in [-0.1, -0.05) is 12.1 Å². The number of carbonyl (C=O) groups excluding carboxylic acids is 1. The van der Waals surface area contributed by atoms with Crippen LogP contribution in [0.2, 0.25) is 5.28 Å². The van der Waals surface area contributed by atoms with Crippen LogP contribution in [0.4, 0.5) is 19.0 Å². The summed E-state index contributed by atoms with van der Waals surface area (Å²) in [4.78, 5) is 19.9. The quantitative estimate of drug-likeness (QED) is 0.738. The number of hydrogen-bond acceptors (Lipinski definition) is 6. The number of primary amides is 1. The molecule has 1 aliphatic heterocycles. The number of benzene rings is 1. The summed E-state index contributed by atoms with van der Waals surface area (Å²) >= 11 is 5.74. The second-order valence-corrected chi connectivity index (χ2v) is 8.69. The van der Waals surface area contributed by atoms with E-state index < -0.39 is 43.7 Å². The molecule has 2 heterocycles. The summed E-state index contributed by atoms with van der Waals surface area (Å²) in [5.41, 5.74) is 4.12. The average Bonchev–Trinajstić information content (AvgIpc) is 3.07. The number of rotatable bonds is 4.